The van der Waals surface area contributed by atoms with Crippen LogP contribution in [0.2, 0.25) is 0 Å². The summed E-state index contributed by atoms with van der Waals surface area (Å²) >= 11 is 0. The Morgan fingerprint density at radius 2 is 1.15 bits per heavy atom. The van der Waals surface area contributed by atoms with Crippen molar-refractivity contribution in [1.82, 2.24) is 42.5 Å². The standard InChI is InChI=1S/C52H94N12O15/c1-7-8-9-10-11-12-35(69)24-32(13-18-53)46(73)62-42(29(4)66)41(71)25-33(14-19-54)45(72)59-38-17-22-57-51(78)43(30(5)67)64-49(76)37(16-21-56)60-50(77)39(27-65)61-52(79)44(31(6)68)63-47(74)34(23-28(2)3)26-40(70)36(15-20-55)58-48(38)75/h28-34,36-39,42-44,65-68H,7-27,53-56H2,1-6H3,(H,57,78)(H,58,75)(H,59,72)(H,60,77)(H,61,79)(H,62,73)(H,63,74)(H,64,76)/t29-,30-,31-,32-,33+,34+,36+,37+,38+,39+,42+,43+,44+/m1/s1. The van der Waals surface area contributed by atoms with Crippen LogP contribution in [-0.4, -0.2) is 185 Å². The molecule has 1 fully saturated rings. The van der Waals surface area contributed by atoms with Crippen molar-refractivity contribution >= 4 is 64.6 Å². The highest BCUT2D eigenvalue weighted by Gasteiger charge is 2.38. The fourth-order valence-corrected chi connectivity index (χ4v) is 8.96. The number of ketones is 3. The third-order valence-electron chi connectivity index (χ3n) is 13.5. The molecule has 1 saturated heterocycles. The highest BCUT2D eigenvalue weighted by atomic mass is 16.3. The van der Waals surface area contributed by atoms with E-state index >= 15 is 0 Å². The summed E-state index contributed by atoms with van der Waals surface area (Å²) in [6.07, 6.45) is -1.98. The topological polar surface area (TPSA) is 469 Å². The summed E-state index contributed by atoms with van der Waals surface area (Å²) in [4.78, 5) is 151. The summed E-state index contributed by atoms with van der Waals surface area (Å²) in [6.45, 7) is 7.22. The van der Waals surface area contributed by atoms with Crippen molar-refractivity contribution in [2.24, 2.45) is 46.6 Å². The number of carbonyl (C=O) groups is 11. The van der Waals surface area contributed by atoms with E-state index in [9.17, 15) is 73.2 Å². The number of amides is 8. The molecule has 0 saturated carbocycles. The zero-order chi connectivity index (χ0) is 59.9. The van der Waals surface area contributed by atoms with Gasteiger partial charge >= 0.3 is 0 Å². The lowest BCUT2D eigenvalue weighted by molar-refractivity contribution is -0.138. The molecule has 0 unspecified atom stereocenters. The number of aliphatic hydroxyl groups is 4. The minimum absolute atomic E-state index is 0.0526. The first-order valence-corrected chi connectivity index (χ1v) is 27.7. The molecule has 1 rings (SSSR count). The van der Waals surface area contributed by atoms with Gasteiger partial charge in [0.05, 0.1) is 31.0 Å². The molecular formula is C52H94N12O15. The Bertz CT molecular complexity index is 1990. The molecule has 27 nitrogen and oxygen atoms in total. The predicted molar refractivity (Wildman–Crippen MR) is 290 cm³/mol. The largest absolute Gasteiger partial charge is 0.394 e. The fraction of sp³-hybridized carbons (Fsp3) is 0.788. The lowest BCUT2D eigenvalue weighted by Crippen LogP contribution is -2.61. The molecule has 0 spiro atoms. The van der Waals surface area contributed by atoms with Crippen LogP contribution in [-0.2, 0) is 52.7 Å². The molecule has 0 bridgehead atoms. The lowest BCUT2D eigenvalue weighted by atomic mass is 9.88. The quantitative estimate of drug-likeness (QED) is 0.0314. The predicted octanol–water partition coefficient (Wildman–Crippen LogP) is -4.44. The van der Waals surface area contributed by atoms with Gasteiger partial charge in [0.2, 0.25) is 47.3 Å². The van der Waals surface area contributed by atoms with Gasteiger partial charge in [-0.1, -0.05) is 46.5 Å². The summed E-state index contributed by atoms with van der Waals surface area (Å²) in [7, 11) is 0. The fourth-order valence-electron chi connectivity index (χ4n) is 8.96. The van der Waals surface area contributed by atoms with Crippen LogP contribution in [0.5, 0.6) is 0 Å². The molecule has 0 aromatic carbocycles. The van der Waals surface area contributed by atoms with Gasteiger partial charge in [0, 0.05) is 50.0 Å². The van der Waals surface area contributed by atoms with E-state index < -0.39 is 170 Å². The number of hydrogen-bond acceptors (Lipinski definition) is 19. The summed E-state index contributed by atoms with van der Waals surface area (Å²) in [5.41, 5.74) is 23.3. The molecule has 452 valence electrons. The van der Waals surface area contributed by atoms with Crippen molar-refractivity contribution in [3.8, 4) is 0 Å². The molecule has 0 aromatic heterocycles. The summed E-state index contributed by atoms with van der Waals surface area (Å²) in [5, 5.41) is 61.7. The number of unbranched alkanes of at least 4 members (excludes halogenated alkanes) is 4. The lowest BCUT2D eigenvalue weighted by Gasteiger charge is -2.28. The first-order valence-electron chi connectivity index (χ1n) is 27.7. The molecule has 0 radical (unpaired) electrons. The highest BCUT2D eigenvalue weighted by molar-refractivity contribution is 5.99. The summed E-state index contributed by atoms with van der Waals surface area (Å²) in [6, 6.07) is -11.3. The van der Waals surface area contributed by atoms with Crippen molar-refractivity contribution in [3.05, 3.63) is 0 Å². The van der Waals surface area contributed by atoms with E-state index in [2.05, 4.69) is 49.5 Å². The van der Waals surface area contributed by atoms with Crippen LogP contribution < -0.4 is 65.5 Å². The molecule has 20 N–H and O–H groups in total. The van der Waals surface area contributed by atoms with Gasteiger partial charge in [-0.25, -0.2) is 0 Å². The molecule has 0 aromatic rings. The van der Waals surface area contributed by atoms with Crippen molar-refractivity contribution in [1.29, 1.82) is 0 Å². The minimum Gasteiger partial charge on any atom is -0.394 e. The van der Waals surface area contributed by atoms with E-state index in [-0.39, 0.29) is 82.8 Å². The van der Waals surface area contributed by atoms with E-state index in [0.29, 0.717) is 6.42 Å². The maximum atomic E-state index is 14.4. The molecule has 1 aliphatic rings. The van der Waals surface area contributed by atoms with Crippen molar-refractivity contribution < 1.29 is 73.2 Å². The van der Waals surface area contributed by atoms with E-state index in [1.807, 2.05) is 0 Å². The smallest absolute Gasteiger partial charge is 0.245 e. The number of nitrogens with two attached hydrogens (primary N) is 4. The SMILES string of the molecule is CCCCCCCC(=O)C[C@@H](CCN)C(=O)N[C@H](C(=O)C[C@H](CCN)C(=O)N[C@H]1CCNC(=O)[C@H]([C@@H](C)O)NC(=O)[C@H](CCN)NC(=O)[C@H](CO)NC(=O)[C@H]([C@@H](C)O)NC(=O)[C@@H](CC(C)C)CC(=O)[C@H](CCN)NC1=O)[C@@H](C)O. The van der Waals surface area contributed by atoms with E-state index in [1.165, 1.54) is 13.8 Å². The first-order chi connectivity index (χ1) is 37.3. The van der Waals surface area contributed by atoms with Gasteiger partial charge in [0.1, 0.15) is 42.0 Å². The van der Waals surface area contributed by atoms with E-state index in [1.54, 1.807) is 13.8 Å². The minimum atomic E-state index is -1.75. The average Bonchev–Trinajstić information content (AvgIpc) is 3.37. The molecule has 79 heavy (non-hydrogen) atoms. The monoisotopic (exact) mass is 1130 g/mol. The molecule has 27 heteroatoms. The normalized spacial score (nSPS) is 24.0. The van der Waals surface area contributed by atoms with Crippen LogP contribution in [0, 0.1) is 23.7 Å². The number of aliphatic hydroxyl groups excluding tert-OH is 4. The van der Waals surface area contributed by atoms with Gasteiger partial charge in [0.25, 0.3) is 0 Å². The second-order valence-electron chi connectivity index (χ2n) is 21.0. The van der Waals surface area contributed by atoms with Gasteiger partial charge in [0.15, 0.2) is 11.6 Å². The summed E-state index contributed by atoms with van der Waals surface area (Å²) < 4.78 is 0. The van der Waals surface area contributed by atoms with Crippen LogP contribution >= 0.6 is 0 Å². The number of Topliss-reactive ketones (excluding diaryl/α,β-unsaturated/α-hetero) is 3. The number of rotatable bonds is 29. The van der Waals surface area contributed by atoms with Gasteiger partial charge in [-0.15, -0.1) is 0 Å². The Morgan fingerprint density at radius 3 is 1.70 bits per heavy atom. The van der Waals surface area contributed by atoms with E-state index in [0.717, 1.165) is 32.6 Å². The Labute approximate surface area is 463 Å². The second-order valence-corrected chi connectivity index (χ2v) is 21.0. The van der Waals surface area contributed by atoms with Crippen molar-refractivity contribution in [3.63, 3.8) is 0 Å². The third-order valence-corrected chi connectivity index (χ3v) is 13.5. The zero-order valence-electron chi connectivity index (χ0n) is 47.0. The van der Waals surface area contributed by atoms with Gasteiger partial charge in [-0.05, 0) is 97.8 Å². The Balaban J connectivity index is 3.78. The number of hydrogen-bond donors (Lipinski definition) is 16. The molecule has 0 aliphatic carbocycles. The van der Waals surface area contributed by atoms with Crippen LogP contribution in [0.15, 0.2) is 0 Å². The molecule has 13 atom stereocenters. The van der Waals surface area contributed by atoms with Crippen LogP contribution in [0.4, 0.5) is 0 Å². The number of nitrogens with one attached hydrogen (secondary N) is 8. The van der Waals surface area contributed by atoms with Gasteiger partial charge in [-0.3, -0.25) is 52.7 Å². The average molecular weight is 1130 g/mol. The van der Waals surface area contributed by atoms with Gasteiger partial charge < -0.3 is 85.9 Å². The highest BCUT2D eigenvalue weighted by Crippen LogP contribution is 2.20. The number of carbonyl (C=O) groups excluding carboxylic acids is 11. The first kappa shape index (κ1) is 71.5. The van der Waals surface area contributed by atoms with Gasteiger partial charge in [-0.2, -0.15) is 0 Å². The van der Waals surface area contributed by atoms with Crippen LogP contribution in [0.1, 0.15) is 138 Å². The van der Waals surface area contributed by atoms with Crippen molar-refractivity contribution in [2.45, 2.75) is 198 Å². The molecule has 1 aliphatic heterocycles. The van der Waals surface area contributed by atoms with Crippen molar-refractivity contribution in [2.75, 3.05) is 39.3 Å². The van der Waals surface area contributed by atoms with Crippen LogP contribution in [0.25, 0.3) is 0 Å². The maximum absolute atomic E-state index is 14.4. The zero-order valence-corrected chi connectivity index (χ0v) is 47.0. The Hall–Kier alpha value is -5.55. The maximum Gasteiger partial charge on any atom is 0.245 e. The Kier molecular flexibility index (Phi) is 34.5. The summed E-state index contributed by atoms with van der Waals surface area (Å²) in [5.74, 6) is -13.0. The molecule has 8 amide bonds. The second kappa shape index (κ2) is 38.2. The molecular weight excluding hydrogens is 1030 g/mol. The third kappa shape index (κ3) is 26.1. The molecule has 1 heterocycles. The van der Waals surface area contributed by atoms with Crippen LogP contribution in [0.3, 0.4) is 0 Å². The van der Waals surface area contributed by atoms with E-state index in [4.69, 9.17) is 22.9 Å². The Morgan fingerprint density at radius 1 is 0.620 bits per heavy atom.